The lowest BCUT2D eigenvalue weighted by molar-refractivity contribution is -0.116. The summed E-state index contributed by atoms with van der Waals surface area (Å²) in [5.41, 5.74) is 5.62. The summed E-state index contributed by atoms with van der Waals surface area (Å²) in [4.78, 5) is 11.9. The van der Waals surface area contributed by atoms with Gasteiger partial charge in [0.1, 0.15) is 0 Å². The van der Waals surface area contributed by atoms with E-state index in [0.717, 1.165) is 31.4 Å². The minimum atomic E-state index is -0.502. The number of nitrogens with two attached hydrogens (primary N) is 1. The maximum Gasteiger partial charge on any atom is 0.208 e. The van der Waals surface area contributed by atoms with E-state index >= 15 is 0 Å². The fraction of sp³-hybridized carbons (Fsp3) is 0.909. The number of hydrogen-bond donors (Lipinski definition) is 1. The molecule has 0 spiro atoms. The first-order chi connectivity index (χ1) is 6.54. The molecule has 1 aliphatic rings. The summed E-state index contributed by atoms with van der Waals surface area (Å²) in [5.74, 6) is 1.47. The first-order valence-electron chi connectivity index (χ1n) is 5.51. The number of hydrogen-bond acceptors (Lipinski definition) is 3. The second-order valence-corrected chi connectivity index (χ2v) is 5.70. The van der Waals surface area contributed by atoms with Crippen molar-refractivity contribution in [3.63, 3.8) is 0 Å². The third-order valence-corrected chi connectivity index (χ3v) is 4.20. The van der Waals surface area contributed by atoms with Crippen LogP contribution in [0.1, 0.15) is 46.0 Å². The molecule has 2 nitrogen and oxygen atoms in total. The predicted octanol–water partition coefficient (Wildman–Crippen LogP) is 2.56. The fourth-order valence-corrected chi connectivity index (χ4v) is 2.75. The second-order valence-electron chi connectivity index (χ2n) is 4.71. The molecule has 0 atom stereocenters. The summed E-state index contributed by atoms with van der Waals surface area (Å²) in [7, 11) is 0. The molecule has 1 fully saturated rings. The Hall–Kier alpha value is -0.0200. The van der Waals surface area contributed by atoms with Gasteiger partial charge in [-0.2, -0.15) is 0 Å². The van der Waals surface area contributed by atoms with E-state index in [1.165, 1.54) is 18.2 Å². The molecule has 1 saturated carbocycles. The van der Waals surface area contributed by atoms with Gasteiger partial charge in [0.25, 0.3) is 0 Å². The highest BCUT2D eigenvalue weighted by molar-refractivity contribution is 8.13. The molecule has 0 bridgehead atoms. The van der Waals surface area contributed by atoms with Gasteiger partial charge in [0.2, 0.25) is 5.12 Å². The van der Waals surface area contributed by atoms with Crippen molar-refractivity contribution in [1.29, 1.82) is 0 Å². The Morgan fingerprint density at radius 1 is 1.36 bits per heavy atom. The molecule has 0 saturated heterocycles. The Bertz CT molecular complexity index is 197. The van der Waals surface area contributed by atoms with Gasteiger partial charge in [0, 0.05) is 5.75 Å². The van der Waals surface area contributed by atoms with Crippen LogP contribution < -0.4 is 5.73 Å². The van der Waals surface area contributed by atoms with Gasteiger partial charge in [-0.3, -0.25) is 4.79 Å². The molecule has 0 aromatic heterocycles. The molecular formula is C11H21NOS. The third-order valence-electron chi connectivity index (χ3n) is 2.70. The Kier molecular flexibility index (Phi) is 4.45. The average Bonchev–Trinajstić information content (AvgIpc) is 2.15. The van der Waals surface area contributed by atoms with Gasteiger partial charge in [0.15, 0.2) is 0 Å². The minimum Gasteiger partial charge on any atom is -0.318 e. The zero-order chi connectivity index (χ0) is 10.6. The Morgan fingerprint density at radius 3 is 2.43 bits per heavy atom. The lowest BCUT2D eigenvalue weighted by atomic mass is 9.84. The van der Waals surface area contributed by atoms with E-state index < -0.39 is 5.54 Å². The second kappa shape index (κ2) is 5.17. The lowest BCUT2D eigenvalue weighted by Gasteiger charge is -2.31. The van der Waals surface area contributed by atoms with Crippen molar-refractivity contribution < 1.29 is 4.79 Å². The van der Waals surface area contributed by atoms with Crippen LogP contribution in [0.25, 0.3) is 0 Å². The molecule has 1 aliphatic carbocycles. The van der Waals surface area contributed by atoms with Crippen LogP contribution in [0.15, 0.2) is 0 Å². The van der Waals surface area contributed by atoms with Crippen LogP contribution >= 0.6 is 11.8 Å². The van der Waals surface area contributed by atoms with Crippen molar-refractivity contribution in [2.45, 2.75) is 51.5 Å². The molecule has 0 unspecified atom stereocenters. The topological polar surface area (TPSA) is 43.1 Å². The average molecular weight is 215 g/mol. The van der Waals surface area contributed by atoms with E-state index in [9.17, 15) is 4.79 Å². The smallest absolute Gasteiger partial charge is 0.208 e. The van der Waals surface area contributed by atoms with Gasteiger partial charge in [-0.05, 0) is 18.8 Å². The minimum absolute atomic E-state index is 0.214. The molecule has 0 heterocycles. The SMILES string of the molecule is CC(C)CSC(=O)C1(N)CCCCC1. The fourth-order valence-electron chi connectivity index (χ4n) is 1.77. The summed E-state index contributed by atoms with van der Waals surface area (Å²) < 4.78 is 0. The van der Waals surface area contributed by atoms with E-state index in [1.807, 2.05) is 0 Å². The normalized spacial score (nSPS) is 21.1. The van der Waals surface area contributed by atoms with Crippen molar-refractivity contribution in [3.05, 3.63) is 0 Å². The van der Waals surface area contributed by atoms with E-state index in [1.54, 1.807) is 0 Å². The molecule has 0 amide bonds. The van der Waals surface area contributed by atoms with E-state index in [-0.39, 0.29) is 5.12 Å². The molecule has 0 aromatic carbocycles. The standard InChI is InChI=1S/C11H21NOS/c1-9(2)8-14-10(13)11(12)6-4-3-5-7-11/h9H,3-8,12H2,1-2H3. The highest BCUT2D eigenvalue weighted by Gasteiger charge is 2.35. The molecule has 0 radical (unpaired) electrons. The van der Waals surface area contributed by atoms with E-state index in [0.29, 0.717) is 5.92 Å². The van der Waals surface area contributed by atoms with Crippen LogP contribution in [0, 0.1) is 5.92 Å². The van der Waals surface area contributed by atoms with Crippen molar-refractivity contribution in [1.82, 2.24) is 0 Å². The van der Waals surface area contributed by atoms with Crippen LogP contribution in [0.3, 0.4) is 0 Å². The first-order valence-corrected chi connectivity index (χ1v) is 6.49. The highest BCUT2D eigenvalue weighted by atomic mass is 32.2. The first kappa shape index (κ1) is 12.1. The Labute approximate surface area is 91.0 Å². The number of rotatable bonds is 3. The largest absolute Gasteiger partial charge is 0.318 e. The molecule has 1 rings (SSSR count). The van der Waals surface area contributed by atoms with Gasteiger partial charge in [0.05, 0.1) is 5.54 Å². The van der Waals surface area contributed by atoms with Crippen LogP contribution in [0.5, 0.6) is 0 Å². The number of carbonyl (C=O) groups excluding carboxylic acids is 1. The summed E-state index contributed by atoms with van der Waals surface area (Å²) >= 11 is 1.43. The Balaban J connectivity index is 2.41. The van der Waals surface area contributed by atoms with Crippen molar-refractivity contribution in [2.75, 3.05) is 5.75 Å². The summed E-state index contributed by atoms with van der Waals surface area (Å²) in [5, 5.41) is 0.214. The van der Waals surface area contributed by atoms with Crippen molar-refractivity contribution >= 4 is 16.9 Å². The van der Waals surface area contributed by atoms with Gasteiger partial charge in [-0.15, -0.1) is 0 Å². The quantitative estimate of drug-likeness (QED) is 0.787. The van der Waals surface area contributed by atoms with E-state index in [4.69, 9.17) is 5.73 Å². The molecule has 2 N–H and O–H groups in total. The lowest BCUT2D eigenvalue weighted by Crippen LogP contribution is -2.48. The molecule has 82 valence electrons. The maximum absolute atomic E-state index is 11.9. The molecule has 3 heteroatoms. The zero-order valence-corrected chi connectivity index (χ0v) is 10.0. The number of carbonyl (C=O) groups is 1. The predicted molar refractivity (Wildman–Crippen MR) is 62.3 cm³/mol. The highest BCUT2D eigenvalue weighted by Crippen LogP contribution is 2.30. The van der Waals surface area contributed by atoms with Crippen LogP contribution in [-0.4, -0.2) is 16.4 Å². The zero-order valence-electron chi connectivity index (χ0n) is 9.21. The monoisotopic (exact) mass is 215 g/mol. The van der Waals surface area contributed by atoms with Crippen LogP contribution in [0.2, 0.25) is 0 Å². The maximum atomic E-state index is 11.9. The van der Waals surface area contributed by atoms with Gasteiger partial charge < -0.3 is 5.73 Å². The van der Waals surface area contributed by atoms with Gasteiger partial charge >= 0.3 is 0 Å². The van der Waals surface area contributed by atoms with Crippen LogP contribution in [-0.2, 0) is 4.79 Å². The number of thioether (sulfide) groups is 1. The summed E-state index contributed by atoms with van der Waals surface area (Å²) in [6, 6.07) is 0. The summed E-state index contributed by atoms with van der Waals surface area (Å²) in [6.07, 6.45) is 5.24. The third kappa shape index (κ3) is 3.28. The van der Waals surface area contributed by atoms with Gasteiger partial charge in [-0.1, -0.05) is 44.9 Å². The summed E-state index contributed by atoms with van der Waals surface area (Å²) in [6.45, 7) is 4.26. The molecule has 0 aromatic rings. The Morgan fingerprint density at radius 2 is 1.93 bits per heavy atom. The van der Waals surface area contributed by atoms with Gasteiger partial charge in [-0.25, -0.2) is 0 Å². The van der Waals surface area contributed by atoms with Crippen molar-refractivity contribution in [3.8, 4) is 0 Å². The van der Waals surface area contributed by atoms with E-state index in [2.05, 4.69) is 13.8 Å². The molecule has 0 aliphatic heterocycles. The molecular weight excluding hydrogens is 194 g/mol. The van der Waals surface area contributed by atoms with Crippen LogP contribution in [0.4, 0.5) is 0 Å². The van der Waals surface area contributed by atoms with Crippen molar-refractivity contribution in [2.24, 2.45) is 11.7 Å². The molecule has 14 heavy (non-hydrogen) atoms.